The van der Waals surface area contributed by atoms with Gasteiger partial charge in [-0.05, 0) is 55.0 Å². The Bertz CT molecular complexity index is 1270. The number of ketones is 1. The van der Waals surface area contributed by atoms with Crippen LogP contribution in [0, 0.1) is 6.92 Å². The summed E-state index contributed by atoms with van der Waals surface area (Å²) < 4.78 is 11.0. The number of rotatable bonds is 6. The first-order valence-corrected chi connectivity index (χ1v) is 9.81. The average molecular weight is 411 g/mol. The van der Waals surface area contributed by atoms with Crippen LogP contribution in [0.15, 0.2) is 83.3 Å². The molecule has 1 amide bonds. The molecular formula is C26H21NO4. The van der Waals surface area contributed by atoms with Crippen molar-refractivity contribution in [3.8, 4) is 5.75 Å². The molecule has 5 nitrogen and oxygen atoms in total. The maximum absolute atomic E-state index is 12.9. The fourth-order valence-electron chi connectivity index (χ4n) is 3.31. The smallest absolute Gasteiger partial charge is 0.248 e. The van der Waals surface area contributed by atoms with E-state index in [2.05, 4.69) is 5.32 Å². The van der Waals surface area contributed by atoms with Crippen molar-refractivity contribution in [2.24, 2.45) is 0 Å². The third kappa shape index (κ3) is 4.41. The molecule has 0 unspecified atom stereocenters. The summed E-state index contributed by atoms with van der Waals surface area (Å²) in [4.78, 5) is 25.2. The molecule has 0 radical (unpaired) electrons. The van der Waals surface area contributed by atoms with Crippen molar-refractivity contribution in [2.75, 3.05) is 12.4 Å². The van der Waals surface area contributed by atoms with Crippen LogP contribution in [0.5, 0.6) is 5.75 Å². The molecule has 0 bridgehead atoms. The highest BCUT2D eigenvalue weighted by Crippen LogP contribution is 2.29. The number of fused-ring (bicyclic) bond motifs is 1. The number of carbonyl (C=O) groups excluding carboxylic acids is 2. The highest BCUT2D eigenvalue weighted by Gasteiger charge is 2.19. The fourth-order valence-corrected chi connectivity index (χ4v) is 3.31. The second-order valence-corrected chi connectivity index (χ2v) is 7.06. The van der Waals surface area contributed by atoms with Gasteiger partial charge in [0.05, 0.1) is 7.11 Å². The molecule has 0 spiro atoms. The Hall–Kier alpha value is -4.12. The summed E-state index contributed by atoms with van der Waals surface area (Å²) in [5.74, 6) is 0.515. The minimum absolute atomic E-state index is 0.201. The largest absolute Gasteiger partial charge is 0.497 e. The van der Waals surface area contributed by atoms with Gasteiger partial charge in [0.25, 0.3) is 0 Å². The maximum atomic E-state index is 12.9. The van der Waals surface area contributed by atoms with E-state index in [-0.39, 0.29) is 17.5 Å². The van der Waals surface area contributed by atoms with Gasteiger partial charge in [-0.25, -0.2) is 0 Å². The summed E-state index contributed by atoms with van der Waals surface area (Å²) in [7, 11) is 1.58. The predicted octanol–water partition coefficient (Wildman–Crippen LogP) is 5.63. The Kier molecular flexibility index (Phi) is 5.67. The molecule has 0 aliphatic carbocycles. The van der Waals surface area contributed by atoms with Crippen molar-refractivity contribution < 1.29 is 18.7 Å². The normalized spacial score (nSPS) is 11.0. The lowest BCUT2D eigenvalue weighted by Crippen LogP contribution is -2.07. The third-order valence-electron chi connectivity index (χ3n) is 4.99. The van der Waals surface area contributed by atoms with Gasteiger partial charge < -0.3 is 14.5 Å². The highest BCUT2D eigenvalue weighted by atomic mass is 16.5. The molecular weight excluding hydrogens is 390 g/mol. The molecule has 5 heteroatoms. The van der Waals surface area contributed by atoms with Crippen molar-refractivity contribution in [1.29, 1.82) is 0 Å². The summed E-state index contributed by atoms with van der Waals surface area (Å²) in [6.07, 6.45) is 3.22. The zero-order valence-electron chi connectivity index (χ0n) is 17.2. The minimum Gasteiger partial charge on any atom is -0.497 e. The van der Waals surface area contributed by atoms with Crippen LogP contribution >= 0.6 is 0 Å². The first-order valence-electron chi connectivity index (χ1n) is 9.81. The number of hydrogen-bond acceptors (Lipinski definition) is 4. The molecule has 0 fully saturated rings. The van der Waals surface area contributed by atoms with E-state index in [1.54, 1.807) is 49.6 Å². The van der Waals surface area contributed by atoms with Gasteiger partial charge in [-0.15, -0.1) is 0 Å². The van der Waals surface area contributed by atoms with Crippen molar-refractivity contribution in [3.63, 3.8) is 0 Å². The van der Waals surface area contributed by atoms with Crippen LogP contribution < -0.4 is 10.1 Å². The number of anilines is 1. The number of hydrogen-bond donors (Lipinski definition) is 1. The van der Waals surface area contributed by atoms with E-state index in [1.165, 1.54) is 6.08 Å². The Morgan fingerprint density at radius 1 is 0.968 bits per heavy atom. The number of benzene rings is 3. The second kappa shape index (κ2) is 8.71. The molecule has 0 saturated carbocycles. The molecule has 0 aliphatic rings. The number of ether oxygens (including phenoxy) is 1. The molecule has 31 heavy (non-hydrogen) atoms. The van der Waals surface area contributed by atoms with E-state index in [9.17, 15) is 9.59 Å². The van der Waals surface area contributed by atoms with Gasteiger partial charge in [-0.3, -0.25) is 9.59 Å². The topological polar surface area (TPSA) is 68.5 Å². The number of carbonyl (C=O) groups is 2. The van der Waals surface area contributed by atoms with Crippen molar-refractivity contribution >= 4 is 34.4 Å². The summed E-state index contributed by atoms with van der Waals surface area (Å²) in [6, 6.07) is 21.8. The van der Waals surface area contributed by atoms with Crippen LogP contribution in [0.3, 0.4) is 0 Å². The zero-order chi connectivity index (χ0) is 21.8. The SMILES string of the molecule is COc1ccc(C(=O)c2oc3cc(NC(=O)C=Cc4ccccc4)ccc3c2C)cc1. The van der Waals surface area contributed by atoms with Gasteiger partial charge in [0, 0.05) is 34.3 Å². The highest BCUT2D eigenvalue weighted by molar-refractivity contribution is 6.11. The average Bonchev–Trinajstić information content (AvgIpc) is 3.13. The fraction of sp³-hybridized carbons (Fsp3) is 0.0769. The molecule has 4 aromatic rings. The van der Waals surface area contributed by atoms with E-state index >= 15 is 0 Å². The number of nitrogens with one attached hydrogen (secondary N) is 1. The summed E-state index contributed by atoms with van der Waals surface area (Å²) in [5, 5.41) is 3.65. The zero-order valence-corrected chi connectivity index (χ0v) is 17.2. The number of aryl methyl sites for hydroxylation is 1. The van der Waals surface area contributed by atoms with E-state index in [1.807, 2.05) is 43.3 Å². The Balaban J connectivity index is 1.55. The molecule has 1 heterocycles. The first kappa shape index (κ1) is 20.2. The van der Waals surface area contributed by atoms with Crippen LogP contribution in [-0.2, 0) is 4.79 Å². The summed E-state index contributed by atoms with van der Waals surface area (Å²) in [5.41, 5.74) is 3.35. The number of furan rings is 1. The van der Waals surface area contributed by atoms with Gasteiger partial charge in [0.2, 0.25) is 11.7 Å². The van der Waals surface area contributed by atoms with Crippen LogP contribution in [0.25, 0.3) is 17.0 Å². The Labute approximate surface area is 180 Å². The number of amides is 1. The summed E-state index contributed by atoms with van der Waals surface area (Å²) >= 11 is 0. The van der Waals surface area contributed by atoms with Crippen LogP contribution in [0.2, 0.25) is 0 Å². The molecule has 1 aromatic heterocycles. The van der Waals surface area contributed by atoms with Crippen molar-refractivity contribution in [1.82, 2.24) is 0 Å². The monoisotopic (exact) mass is 411 g/mol. The Morgan fingerprint density at radius 3 is 2.42 bits per heavy atom. The van der Waals surface area contributed by atoms with Crippen molar-refractivity contribution in [2.45, 2.75) is 6.92 Å². The third-order valence-corrected chi connectivity index (χ3v) is 4.99. The van der Waals surface area contributed by atoms with E-state index in [0.29, 0.717) is 22.6 Å². The molecule has 1 N–H and O–H groups in total. The second-order valence-electron chi connectivity index (χ2n) is 7.06. The van der Waals surface area contributed by atoms with Gasteiger partial charge in [0.1, 0.15) is 11.3 Å². The predicted molar refractivity (Wildman–Crippen MR) is 121 cm³/mol. The Morgan fingerprint density at radius 2 is 1.71 bits per heavy atom. The van der Waals surface area contributed by atoms with E-state index in [4.69, 9.17) is 9.15 Å². The van der Waals surface area contributed by atoms with Gasteiger partial charge >= 0.3 is 0 Å². The standard InChI is InChI=1S/C26H21NO4/c1-17-22-14-11-20(27-24(28)15-8-18-6-4-3-5-7-18)16-23(22)31-26(17)25(29)19-9-12-21(30-2)13-10-19/h3-16H,1-2H3,(H,27,28). The van der Waals surface area contributed by atoms with E-state index in [0.717, 1.165) is 16.5 Å². The van der Waals surface area contributed by atoms with Gasteiger partial charge in [-0.2, -0.15) is 0 Å². The lowest BCUT2D eigenvalue weighted by molar-refractivity contribution is -0.111. The minimum atomic E-state index is -0.249. The molecule has 0 saturated heterocycles. The lowest BCUT2D eigenvalue weighted by atomic mass is 10.0. The first-order chi connectivity index (χ1) is 15.0. The van der Waals surface area contributed by atoms with Crippen LogP contribution in [0.1, 0.15) is 27.2 Å². The lowest BCUT2D eigenvalue weighted by Gasteiger charge is -2.02. The quantitative estimate of drug-likeness (QED) is 0.330. The molecule has 0 aliphatic heterocycles. The maximum Gasteiger partial charge on any atom is 0.248 e. The van der Waals surface area contributed by atoms with Gasteiger partial charge in [-0.1, -0.05) is 30.3 Å². The van der Waals surface area contributed by atoms with E-state index < -0.39 is 0 Å². The summed E-state index contributed by atoms with van der Waals surface area (Å²) in [6.45, 7) is 1.85. The molecule has 154 valence electrons. The van der Waals surface area contributed by atoms with Crippen LogP contribution in [0.4, 0.5) is 5.69 Å². The molecule has 0 atom stereocenters. The van der Waals surface area contributed by atoms with Gasteiger partial charge in [0.15, 0.2) is 5.76 Å². The molecule has 4 rings (SSSR count). The number of methoxy groups -OCH3 is 1. The van der Waals surface area contributed by atoms with Crippen molar-refractivity contribution in [3.05, 3.63) is 101 Å². The van der Waals surface area contributed by atoms with Crippen LogP contribution in [-0.4, -0.2) is 18.8 Å². The molecule has 3 aromatic carbocycles.